The maximum absolute atomic E-state index is 14.3. The van der Waals surface area contributed by atoms with Crippen LogP contribution in [0.3, 0.4) is 0 Å². The summed E-state index contributed by atoms with van der Waals surface area (Å²) in [6.07, 6.45) is -0.574. The first-order chi connectivity index (χ1) is 12.5. The monoisotopic (exact) mass is 398 g/mol. The fourth-order valence-electron chi connectivity index (χ4n) is 3.31. The topological polar surface area (TPSA) is 70.6 Å². The number of nitrogens with one attached hydrogen (secondary N) is 2. The number of carbonyl (C=O) groups excluding carboxylic acids is 1. The van der Waals surface area contributed by atoms with Gasteiger partial charge in [-0.3, -0.25) is 4.79 Å². The molecular formula is C19H21ClF2N2O3. The zero-order valence-electron chi connectivity index (χ0n) is 14.7. The quantitative estimate of drug-likeness (QED) is 0.739. The Hall–Kier alpha value is -2.22. The normalized spacial score (nSPS) is 21.9. The van der Waals surface area contributed by atoms with E-state index in [-0.39, 0.29) is 24.7 Å². The molecule has 1 amide bonds. The Morgan fingerprint density at radius 2 is 1.89 bits per heavy atom. The van der Waals surface area contributed by atoms with E-state index in [1.54, 1.807) is 24.3 Å². The highest BCUT2D eigenvalue weighted by Crippen LogP contribution is 2.32. The minimum Gasteiger partial charge on any atom is -0.497 e. The van der Waals surface area contributed by atoms with Crippen molar-refractivity contribution in [3.05, 3.63) is 65.2 Å². The molecule has 0 bridgehead atoms. The van der Waals surface area contributed by atoms with Crippen LogP contribution in [-0.2, 0) is 5.54 Å². The van der Waals surface area contributed by atoms with Crippen molar-refractivity contribution < 1.29 is 23.4 Å². The lowest BCUT2D eigenvalue weighted by atomic mass is 9.79. The molecule has 0 aromatic heterocycles. The molecule has 0 radical (unpaired) electrons. The Kier molecular flexibility index (Phi) is 6.75. The van der Waals surface area contributed by atoms with Gasteiger partial charge in [-0.25, -0.2) is 8.78 Å². The molecule has 0 unspecified atom stereocenters. The number of β-amino-alcohol motifs (C(OH)–C–C–N with tert-alkyl or cyclic N) is 1. The van der Waals surface area contributed by atoms with Crippen LogP contribution >= 0.6 is 12.4 Å². The summed E-state index contributed by atoms with van der Waals surface area (Å²) in [6.45, 7) is 0.794. The van der Waals surface area contributed by atoms with Gasteiger partial charge < -0.3 is 20.5 Å². The van der Waals surface area contributed by atoms with Crippen molar-refractivity contribution in [3.8, 4) is 5.75 Å². The predicted molar refractivity (Wildman–Crippen MR) is 99.2 cm³/mol. The molecule has 8 heteroatoms. The smallest absolute Gasteiger partial charge is 0.258 e. The van der Waals surface area contributed by atoms with Crippen molar-refractivity contribution in [1.82, 2.24) is 10.6 Å². The zero-order valence-corrected chi connectivity index (χ0v) is 15.5. The molecule has 2 aromatic rings. The molecule has 3 rings (SSSR count). The summed E-state index contributed by atoms with van der Waals surface area (Å²) in [6, 6.07) is 10.8. The molecule has 5 nitrogen and oxygen atoms in total. The maximum Gasteiger partial charge on any atom is 0.258 e. The van der Waals surface area contributed by atoms with Crippen molar-refractivity contribution in [2.45, 2.75) is 18.1 Å². The molecule has 0 aliphatic carbocycles. The predicted octanol–water partition coefficient (Wildman–Crippen LogP) is 2.37. The van der Waals surface area contributed by atoms with E-state index in [0.717, 1.165) is 12.1 Å². The van der Waals surface area contributed by atoms with Gasteiger partial charge in [0.2, 0.25) is 0 Å². The number of carbonyl (C=O) groups is 1. The van der Waals surface area contributed by atoms with Crippen LogP contribution in [0.2, 0.25) is 0 Å². The van der Waals surface area contributed by atoms with Gasteiger partial charge in [0.15, 0.2) is 0 Å². The molecule has 2 aromatic carbocycles. The van der Waals surface area contributed by atoms with Gasteiger partial charge in [0.05, 0.1) is 18.8 Å². The third-order valence-corrected chi connectivity index (χ3v) is 4.71. The minimum atomic E-state index is -1.14. The van der Waals surface area contributed by atoms with Crippen LogP contribution in [-0.4, -0.2) is 37.3 Å². The molecule has 1 heterocycles. The number of aliphatic hydroxyl groups excluding tert-OH is 1. The summed E-state index contributed by atoms with van der Waals surface area (Å²) < 4.78 is 33.3. The summed E-state index contributed by atoms with van der Waals surface area (Å²) >= 11 is 0. The number of halogens is 3. The van der Waals surface area contributed by atoms with Crippen molar-refractivity contribution in [1.29, 1.82) is 0 Å². The first kappa shape index (κ1) is 21.1. The third kappa shape index (κ3) is 4.05. The van der Waals surface area contributed by atoms with Gasteiger partial charge in [0.25, 0.3) is 5.91 Å². The average molecular weight is 399 g/mol. The minimum absolute atomic E-state index is 0. The highest BCUT2D eigenvalue weighted by atomic mass is 35.5. The average Bonchev–Trinajstić information content (AvgIpc) is 2.63. The summed E-state index contributed by atoms with van der Waals surface area (Å²) in [5.74, 6) is -2.99. The van der Waals surface area contributed by atoms with Crippen molar-refractivity contribution in [2.75, 3.05) is 20.2 Å². The highest BCUT2D eigenvalue weighted by molar-refractivity contribution is 5.95. The van der Waals surface area contributed by atoms with E-state index in [1.807, 2.05) is 6.07 Å². The number of ether oxygens (including phenoxy) is 1. The fourth-order valence-corrected chi connectivity index (χ4v) is 3.31. The van der Waals surface area contributed by atoms with Crippen LogP contribution < -0.4 is 15.4 Å². The molecule has 1 aliphatic heterocycles. The van der Waals surface area contributed by atoms with Gasteiger partial charge in [-0.2, -0.15) is 0 Å². The van der Waals surface area contributed by atoms with Gasteiger partial charge in [0.1, 0.15) is 22.9 Å². The van der Waals surface area contributed by atoms with Gasteiger partial charge in [0, 0.05) is 18.7 Å². The number of rotatable bonds is 4. The lowest BCUT2D eigenvalue weighted by Crippen LogP contribution is -2.61. The largest absolute Gasteiger partial charge is 0.497 e. The second-order valence-electron chi connectivity index (χ2n) is 6.23. The van der Waals surface area contributed by atoms with Crippen LogP contribution in [0, 0.1) is 11.6 Å². The molecule has 1 fully saturated rings. The Labute approximate surface area is 162 Å². The SMILES string of the molecule is COc1cc(F)c(C(=O)N[C@]2(c3ccccc3)CCNC[C@H]2O)c(F)c1.Cl. The van der Waals surface area contributed by atoms with E-state index in [2.05, 4.69) is 10.6 Å². The molecule has 146 valence electrons. The Morgan fingerprint density at radius 3 is 2.44 bits per heavy atom. The molecule has 27 heavy (non-hydrogen) atoms. The maximum atomic E-state index is 14.3. The van der Waals surface area contributed by atoms with Gasteiger partial charge in [-0.15, -0.1) is 12.4 Å². The van der Waals surface area contributed by atoms with Crippen LogP contribution in [0.5, 0.6) is 5.75 Å². The standard InChI is InChI=1S/C19H20F2N2O3.ClH/c1-26-13-9-14(20)17(15(21)10-13)18(25)23-19(7-8-22-11-16(19)24)12-5-3-2-4-6-12;/h2-6,9-10,16,22,24H,7-8,11H2,1H3,(H,23,25);1H/t16-,19+;/m1./s1. The number of aliphatic hydroxyl groups is 1. The summed E-state index contributed by atoms with van der Waals surface area (Å²) in [5.41, 5.74) is -1.16. The second kappa shape index (κ2) is 8.65. The van der Waals surface area contributed by atoms with Crippen molar-refractivity contribution in [2.24, 2.45) is 0 Å². The van der Waals surface area contributed by atoms with E-state index in [4.69, 9.17) is 4.74 Å². The number of amides is 1. The molecule has 0 saturated carbocycles. The van der Waals surface area contributed by atoms with Crippen LogP contribution in [0.4, 0.5) is 8.78 Å². The van der Waals surface area contributed by atoms with E-state index >= 15 is 0 Å². The lowest BCUT2D eigenvalue weighted by molar-refractivity contribution is 0.0286. The van der Waals surface area contributed by atoms with Crippen LogP contribution in [0.15, 0.2) is 42.5 Å². The highest BCUT2D eigenvalue weighted by Gasteiger charge is 2.43. The fraction of sp³-hybridized carbons (Fsp3) is 0.316. The molecule has 0 spiro atoms. The van der Waals surface area contributed by atoms with E-state index in [0.29, 0.717) is 18.5 Å². The summed E-state index contributed by atoms with van der Waals surface area (Å²) in [7, 11) is 1.28. The van der Waals surface area contributed by atoms with Crippen LogP contribution in [0.25, 0.3) is 0 Å². The number of hydrogen-bond acceptors (Lipinski definition) is 4. The number of piperidine rings is 1. The zero-order chi connectivity index (χ0) is 18.7. The Balaban J connectivity index is 0.00000261. The molecule has 3 N–H and O–H groups in total. The molecule has 1 aliphatic rings. The second-order valence-corrected chi connectivity index (χ2v) is 6.23. The number of hydrogen-bond donors (Lipinski definition) is 3. The van der Waals surface area contributed by atoms with Crippen molar-refractivity contribution in [3.63, 3.8) is 0 Å². The number of benzene rings is 2. The van der Waals surface area contributed by atoms with Gasteiger partial charge >= 0.3 is 0 Å². The first-order valence-corrected chi connectivity index (χ1v) is 8.28. The summed E-state index contributed by atoms with van der Waals surface area (Å²) in [4.78, 5) is 12.7. The third-order valence-electron chi connectivity index (χ3n) is 4.71. The van der Waals surface area contributed by atoms with Gasteiger partial charge in [-0.05, 0) is 18.5 Å². The Morgan fingerprint density at radius 1 is 1.26 bits per heavy atom. The summed E-state index contributed by atoms with van der Waals surface area (Å²) in [5, 5.41) is 16.3. The Bertz CT molecular complexity index is 784. The van der Waals surface area contributed by atoms with E-state index in [1.165, 1.54) is 7.11 Å². The van der Waals surface area contributed by atoms with E-state index in [9.17, 15) is 18.7 Å². The lowest BCUT2D eigenvalue weighted by Gasteiger charge is -2.43. The molecule has 1 saturated heterocycles. The molecular weight excluding hydrogens is 378 g/mol. The first-order valence-electron chi connectivity index (χ1n) is 8.28. The number of methoxy groups -OCH3 is 1. The molecule has 2 atom stereocenters. The van der Waals surface area contributed by atoms with Gasteiger partial charge in [-0.1, -0.05) is 30.3 Å². The van der Waals surface area contributed by atoms with Crippen LogP contribution in [0.1, 0.15) is 22.3 Å². The van der Waals surface area contributed by atoms with E-state index < -0.39 is 34.7 Å². The van der Waals surface area contributed by atoms with Crippen molar-refractivity contribution >= 4 is 18.3 Å².